The number of nitrogens with one attached hydrogen (secondary N) is 3. The van der Waals surface area contributed by atoms with E-state index in [1.54, 1.807) is 7.05 Å². The first-order valence-electron chi connectivity index (χ1n) is 11.1. The Balaban J connectivity index is 0.00000289. The number of anilines is 1. The van der Waals surface area contributed by atoms with Crippen LogP contribution in [0.15, 0.2) is 65.8 Å². The molecule has 1 fully saturated rings. The first-order valence-corrected chi connectivity index (χ1v) is 11.1. The third-order valence-electron chi connectivity index (χ3n) is 5.90. The van der Waals surface area contributed by atoms with Gasteiger partial charge in [-0.05, 0) is 54.5 Å². The van der Waals surface area contributed by atoms with Crippen LogP contribution in [0.2, 0.25) is 0 Å². The predicted molar refractivity (Wildman–Crippen MR) is 143 cm³/mol. The van der Waals surface area contributed by atoms with Crippen LogP contribution in [0.1, 0.15) is 31.2 Å². The number of fused-ring (bicyclic) bond motifs is 1. The summed E-state index contributed by atoms with van der Waals surface area (Å²) in [5, 5.41) is 11.1. The highest BCUT2D eigenvalue weighted by atomic mass is 127. The lowest BCUT2D eigenvalue weighted by molar-refractivity contribution is -0.122. The average Bonchev–Trinajstić information content (AvgIpc) is 3.15. The van der Waals surface area contributed by atoms with Crippen molar-refractivity contribution in [1.82, 2.24) is 15.2 Å². The molecule has 1 saturated carbocycles. The Morgan fingerprint density at radius 2 is 1.94 bits per heavy atom. The lowest BCUT2D eigenvalue weighted by Crippen LogP contribution is -2.37. The molecule has 3 N–H and O–H groups in total. The second-order valence-electron chi connectivity index (χ2n) is 8.09. The van der Waals surface area contributed by atoms with Crippen molar-refractivity contribution in [3.63, 3.8) is 0 Å². The Bertz CT molecular complexity index is 1060. The Morgan fingerprint density at radius 1 is 1.09 bits per heavy atom. The zero-order valence-corrected chi connectivity index (χ0v) is 20.8. The van der Waals surface area contributed by atoms with Crippen molar-refractivity contribution < 1.29 is 4.79 Å². The second kappa shape index (κ2) is 11.9. The number of nitrogens with zero attached hydrogens (tertiary/aromatic N) is 2. The van der Waals surface area contributed by atoms with Gasteiger partial charge in [-0.1, -0.05) is 36.8 Å². The van der Waals surface area contributed by atoms with Crippen molar-refractivity contribution in [3.05, 3.63) is 66.4 Å². The van der Waals surface area contributed by atoms with Crippen molar-refractivity contribution in [2.24, 2.45) is 10.9 Å². The molecule has 4 rings (SSSR count). The smallest absolute Gasteiger partial charge is 0.227 e. The van der Waals surface area contributed by atoms with Crippen LogP contribution in [0, 0.1) is 5.92 Å². The summed E-state index contributed by atoms with van der Waals surface area (Å²) in [5.41, 5.74) is 3.24. The topological polar surface area (TPSA) is 70.5 Å². The maximum atomic E-state index is 12.2. The number of para-hydroxylation sites is 1. The zero-order valence-electron chi connectivity index (χ0n) is 18.5. The molecule has 0 radical (unpaired) electrons. The summed E-state index contributed by atoms with van der Waals surface area (Å²) >= 11 is 0. The molecule has 32 heavy (non-hydrogen) atoms. The van der Waals surface area contributed by atoms with E-state index in [0.717, 1.165) is 56.0 Å². The van der Waals surface area contributed by atoms with E-state index in [0.29, 0.717) is 6.54 Å². The Hall–Kier alpha value is -2.55. The number of aryl methyl sites for hydroxylation is 1. The van der Waals surface area contributed by atoms with E-state index in [1.165, 1.54) is 10.9 Å². The fourth-order valence-corrected chi connectivity index (χ4v) is 3.87. The maximum Gasteiger partial charge on any atom is 0.227 e. The van der Waals surface area contributed by atoms with Gasteiger partial charge in [0.05, 0.1) is 0 Å². The van der Waals surface area contributed by atoms with Gasteiger partial charge in [0.2, 0.25) is 5.91 Å². The largest absolute Gasteiger partial charge is 0.356 e. The number of aromatic nitrogens is 1. The predicted octanol–water partition coefficient (Wildman–Crippen LogP) is 4.75. The van der Waals surface area contributed by atoms with E-state index >= 15 is 0 Å². The van der Waals surface area contributed by atoms with E-state index < -0.39 is 0 Å². The number of guanidine groups is 1. The molecule has 1 heterocycles. The fourth-order valence-electron chi connectivity index (χ4n) is 3.87. The fraction of sp³-hybridized carbons (Fsp3) is 0.360. The average molecular weight is 545 g/mol. The highest BCUT2D eigenvalue weighted by Crippen LogP contribution is 2.27. The first kappa shape index (κ1) is 24.1. The normalized spacial score (nSPS) is 13.8. The summed E-state index contributed by atoms with van der Waals surface area (Å²) in [6, 6.07) is 18.6. The summed E-state index contributed by atoms with van der Waals surface area (Å²) < 4.78 is 2.29. The number of halogens is 1. The number of hydrogen-bond donors (Lipinski definition) is 3. The molecule has 0 spiro atoms. The molecule has 6 nitrogen and oxygen atoms in total. The standard InChI is InChI=1S/C25H31N5O.HI/c1-26-25(27-14-6-15-30-16-13-20-8-2-3-12-23(20)30)28-18-19-7-4-11-22(17-19)29-24(31)21-9-5-10-21;/h2-4,7-8,11-13,16-17,21H,5-6,9-10,14-15,18H2,1H3,(H,29,31)(H2,26,27,28);1H. The van der Waals surface area contributed by atoms with Gasteiger partial charge in [0.15, 0.2) is 5.96 Å². The van der Waals surface area contributed by atoms with Crippen LogP contribution < -0.4 is 16.0 Å². The highest BCUT2D eigenvalue weighted by molar-refractivity contribution is 14.0. The molecule has 0 saturated heterocycles. The molecule has 0 atom stereocenters. The van der Waals surface area contributed by atoms with Crippen LogP contribution in [-0.4, -0.2) is 30.0 Å². The summed E-state index contributed by atoms with van der Waals surface area (Å²) in [4.78, 5) is 16.5. The number of rotatable bonds is 8. The Labute approximate surface area is 206 Å². The number of aliphatic imine (C=N–C) groups is 1. The minimum Gasteiger partial charge on any atom is -0.356 e. The number of hydrogen-bond acceptors (Lipinski definition) is 2. The number of benzene rings is 2. The first-order chi connectivity index (χ1) is 15.2. The molecule has 1 aliphatic rings. The van der Waals surface area contributed by atoms with Crippen molar-refractivity contribution >= 4 is 52.4 Å². The van der Waals surface area contributed by atoms with E-state index in [-0.39, 0.29) is 35.8 Å². The molecule has 1 amide bonds. The number of amides is 1. The molecule has 0 unspecified atom stereocenters. The van der Waals surface area contributed by atoms with E-state index in [9.17, 15) is 4.79 Å². The zero-order chi connectivity index (χ0) is 21.5. The minimum absolute atomic E-state index is 0. The van der Waals surface area contributed by atoms with E-state index in [4.69, 9.17) is 0 Å². The molecular weight excluding hydrogens is 513 g/mol. The van der Waals surface area contributed by atoms with Gasteiger partial charge >= 0.3 is 0 Å². The van der Waals surface area contributed by atoms with Crippen molar-refractivity contribution in [2.75, 3.05) is 18.9 Å². The quantitative estimate of drug-likeness (QED) is 0.166. The molecule has 2 aromatic carbocycles. The van der Waals surface area contributed by atoms with Crippen LogP contribution in [0.4, 0.5) is 5.69 Å². The molecular formula is C25H32IN5O. The molecule has 7 heteroatoms. The molecule has 1 aromatic heterocycles. The van der Waals surface area contributed by atoms with Gasteiger partial charge in [-0.15, -0.1) is 24.0 Å². The molecule has 0 bridgehead atoms. The molecule has 170 valence electrons. The van der Waals surface area contributed by atoms with Crippen LogP contribution in [-0.2, 0) is 17.9 Å². The molecule has 0 aliphatic heterocycles. The lowest BCUT2D eigenvalue weighted by Gasteiger charge is -2.24. The van der Waals surface area contributed by atoms with Gasteiger partial charge in [0.1, 0.15) is 0 Å². The third-order valence-corrected chi connectivity index (χ3v) is 5.90. The third kappa shape index (κ3) is 6.25. The highest BCUT2D eigenvalue weighted by Gasteiger charge is 2.25. The maximum absolute atomic E-state index is 12.2. The van der Waals surface area contributed by atoms with Gasteiger partial charge in [-0.3, -0.25) is 9.79 Å². The summed E-state index contributed by atoms with van der Waals surface area (Å²) in [6.07, 6.45) is 6.33. The Morgan fingerprint density at radius 3 is 2.72 bits per heavy atom. The number of carbonyl (C=O) groups excluding carboxylic acids is 1. The van der Waals surface area contributed by atoms with Crippen molar-refractivity contribution in [1.29, 1.82) is 0 Å². The second-order valence-corrected chi connectivity index (χ2v) is 8.09. The SMILES string of the molecule is CN=C(NCCCn1ccc2ccccc21)NCc1cccc(NC(=O)C2CCC2)c1.I. The molecule has 3 aromatic rings. The summed E-state index contributed by atoms with van der Waals surface area (Å²) in [7, 11) is 1.78. The summed E-state index contributed by atoms with van der Waals surface area (Å²) in [6.45, 7) is 2.44. The van der Waals surface area contributed by atoms with Gasteiger partial charge in [0.25, 0.3) is 0 Å². The van der Waals surface area contributed by atoms with Crippen LogP contribution in [0.25, 0.3) is 10.9 Å². The van der Waals surface area contributed by atoms with E-state index in [2.05, 4.69) is 68.1 Å². The number of carbonyl (C=O) groups is 1. The monoisotopic (exact) mass is 545 g/mol. The van der Waals surface area contributed by atoms with Crippen molar-refractivity contribution in [3.8, 4) is 0 Å². The van der Waals surface area contributed by atoms with E-state index in [1.807, 2.05) is 18.2 Å². The van der Waals surface area contributed by atoms with Crippen LogP contribution in [0.3, 0.4) is 0 Å². The van der Waals surface area contributed by atoms with Crippen molar-refractivity contribution in [2.45, 2.75) is 38.8 Å². The van der Waals surface area contributed by atoms with Gasteiger partial charge in [0, 0.05) is 50.0 Å². The van der Waals surface area contributed by atoms with Crippen LogP contribution >= 0.6 is 24.0 Å². The van der Waals surface area contributed by atoms with Crippen LogP contribution in [0.5, 0.6) is 0 Å². The molecule has 1 aliphatic carbocycles. The Kier molecular flexibility index (Phi) is 8.96. The van der Waals surface area contributed by atoms with Gasteiger partial charge < -0.3 is 20.5 Å². The van der Waals surface area contributed by atoms with Gasteiger partial charge in [-0.2, -0.15) is 0 Å². The lowest BCUT2D eigenvalue weighted by atomic mass is 9.85. The minimum atomic E-state index is 0. The summed E-state index contributed by atoms with van der Waals surface area (Å²) in [5.74, 6) is 1.11. The van der Waals surface area contributed by atoms with Gasteiger partial charge in [-0.25, -0.2) is 0 Å².